The number of alkyl halides is 3. The highest BCUT2D eigenvalue weighted by molar-refractivity contribution is 4.77. The third-order valence-electron chi connectivity index (χ3n) is 1.82. The van der Waals surface area contributed by atoms with Crippen molar-refractivity contribution in [1.82, 2.24) is 0 Å². The summed E-state index contributed by atoms with van der Waals surface area (Å²) in [6.07, 6.45) is -4.38. The van der Waals surface area contributed by atoms with Gasteiger partial charge in [-0.1, -0.05) is 0 Å². The molecule has 0 spiro atoms. The van der Waals surface area contributed by atoms with Crippen LogP contribution in [-0.2, 0) is 9.47 Å². The molecule has 0 aromatic heterocycles. The lowest BCUT2D eigenvalue weighted by atomic mass is 10.1. The second-order valence-corrected chi connectivity index (χ2v) is 2.99. The molecule has 0 aliphatic carbocycles. The van der Waals surface area contributed by atoms with Crippen molar-refractivity contribution in [2.75, 3.05) is 19.8 Å². The van der Waals surface area contributed by atoms with Gasteiger partial charge in [-0.05, 0) is 6.42 Å². The standard InChI is InChI=1S/C7H12F3NO2/c8-7(9,10)4-13-6-3-12-2-1-5(6)11/h5-6H,1-4,11H2. The lowest BCUT2D eigenvalue weighted by Crippen LogP contribution is -2.45. The predicted octanol–water partition coefficient (Wildman–Crippen LogP) is 0.681. The Kier molecular flexibility index (Phi) is 3.52. The molecule has 1 saturated heterocycles. The summed E-state index contributed by atoms with van der Waals surface area (Å²) < 4.78 is 44.7. The molecule has 0 aromatic carbocycles. The Labute approximate surface area is 74.0 Å². The number of hydrogen-bond acceptors (Lipinski definition) is 3. The van der Waals surface area contributed by atoms with Gasteiger partial charge in [-0.15, -0.1) is 0 Å². The van der Waals surface area contributed by atoms with Gasteiger partial charge in [0, 0.05) is 12.6 Å². The van der Waals surface area contributed by atoms with Crippen molar-refractivity contribution in [3.8, 4) is 0 Å². The summed E-state index contributed by atoms with van der Waals surface area (Å²) >= 11 is 0. The van der Waals surface area contributed by atoms with E-state index in [1.165, 1.54) is 0 Å². The van der Waals surface area contributed by atoms with Crippen LogP contribution >= 0.6 is 0 Å². The van der Waals surface area contributed by atoms with E-state index in [0.717, 1.165) is 0 Å². The number of rotatable bonds is 2. The van der Waals surface area contributed by atoms with E-state index in [4.69, 9.17) is 10.5 Å². The zero-order chi connectivity index (χ0) is 9.90. The molecule has 1 fully saturated rings. The van der Waals surface area contributed by atoms with Crippen molar-refractivity contribution in [3.63, 3.8) is 0 Å². The Morgan fingerprint density at radius 3 is 2.69 bits per heavy atom. The molecule has 0 radical (unpaired) electrons. The molecular formula is C7H12F3NO2. The second-order valence-electron chi connectivity index (χ2n) is 2.99. The first kappa shape index (κ1) is 10.7. The maximum absolute atomic E-state index is 11.7. The SMILES string of the molecule is NC1CCOCC1OCC(F)(F)F. The van der Waals surface area contributed by atoms with E-state index >= 15 is 0 Å². The van der Waals surface area contributed by atoms with Gasteiger partial charge in [-0.25, -0.2) is 0 Å². The van der Waals surface area contributed by atoms with Crippen molar-refractivity contribution in [1.29, 1.82) is 0 Å². The molecule has 78 valence electrons. The highest BCUT2D eigenvalue weighted by Crippen LogP contribution is 2.17. The lowest BCUT2D eigenvalue weighted by Gasteiger charge is -2.28. The van der Waals surface area contributed by atoms with Gasteiger partial charge >= 0.3 is 6.18 Å². The molecule has 1 aliphatic heterocycles. The number of hydrogen-bond donors (Lipinski definition) is 1. The molecule has 0 bridgehead atoms. The molecule has 3 nitrogen and oxygen atoms in total. The Bertz CT molecular complexity index is 162. The van der Waals surface area contributed by atoms with Crippen LogP contribution in [0.4, 0.5) is 13.2 Å². The fourth-order valence-corrected chi connectivity index (χ4v) is 1.10. The van der Waals surface area contributed by atoms with Crippen molar-refractivity contribution in [2.24, 2.45) is 5.73 Å². The van der Waals surface area contributed by atoms with Crippen LogP contribution < -0.4 is 5.73 Å². The lowest BCUT2D eigenvalue weighted by molar-refractivity contribution is -0.197. The zero-order valence-electron chi connectivity index (χ0n) is 7.01. The van der Waals surface area contributed by atoms with Gasteiger partial charge in [0.1, 0.15) is 6.61 Å². The van der Waals surface area contributed by atoms with Crippen LogP contribution in [0.1, 0.15) is 6.42 Å². The van der Waals surface area contributed by atoms with Crippen LogP contribution in [0.15, 0.2) is 0 Å². The van der Waals surface area contributed by atoms with Gasteiger partial charge in [-0.3, -0.25) is 0 Å². The van der Waals surface area contributed by atoms with E-state index < -0.39 is 18.9 Å². The normalized spacial score (nSPS) is 30.5. The van der Waals surface area contributed by atoms with E-state index in [9.17, 15) is 13.2 Å². The molecule has 0 amide bonds. The molecule has 6 heteroatoms. The van der Waals surface area contributed by atoms with Crippen LogP contribution in [-0.4, -0.2) is 38.1 Å². The summed E-state index contributed by atoms with van der Waals surface area (Å²) in [5.41, 5.74) is 5.54. The van der Waals surface area contributed by atoms with Gasteiger partial charge < -0.3 is 15.2 Å². The third-order valence-corrected chi connectivity index (χ3v) is 1.82. The molecule has 0 saturated carbocycles. The fraction of sp³-hybridized carbons (Fsp3) is 1.00. The fourth-order valence-electron chi connectivity index (χ4n) is 1.10. The second kappa shape index (κ2) is 4.26. The van der Waals surface area contributed by atoms with E-state index in [-0.39, 0.29) is 12.6 Å². The van der Waals surface area contributed by atoms with E-state index in [2.05, 4.69) is 4.74 Å². The molecule has 1 rings (SSSR count). The quantitative estimate of drug-likeness (QED) is 0.711. The zero-order valence-corrected chi connectivity index (χ0v) is 7.01. The number of nitrogens with two attached hydrogens (primary N) is 1. The molecular weight excluding hydrogens is 187 g/mol. The van der Waals surface area contributed by atoms with E-state index in [1.807, 2.05) is 0 Å². The molecule has 0 aromatic rings. The van der Waals surface area contributed by atoms with E-state index in [0.29, 0.717) is 13.0 Å². The molecule has 2 unspecified atom stereocenters. The topological polar surface area (TPSA) is 44.5 Å². The van der Waals surface area contributed by atoms with Gasteiger partial charge in [0.15, 0.2) is 0 Å². The minimum Gasteiger partial charge on any atom is -0.379 e. The van der Waals surface area contributed by atoms with Crippen molar-refractivity contribution in [3.05, 3.63) is 0 Å². The summed E-state index contributed by atoms with van der Waals surface area (Å²) in [6.45, 7) is -0.612. The van der Waals surface area contributed by atoms with E-state index in [1.54, 1.807) is 0 Å². The van der Waals surface area contributed by atoms with Crippen molar-refractivity contribution >= 4 is 0 Å². The average Bonchev–Trinajstić information content (AvgIpc) is 2.01. The van der Waals surface area contributed by atoms with Crippen LogP contribution in [0.5, 0.6) is 0 Å². The molecule has 13 heavy (non-hydrogen) atoms. The maximum Gasteiger partial charge on any atom is 0.411 e. The van der Waals surface area contributed by atoms with Gasteiger partial charge in [0.2, 0.25) is 0 Å². The maximum atomic E-state index is 11.7. The van der Waals surface area contributed by atoms with Gasteiger partial charge in [-0.2, -0.15) is 13.2 Å². The molecule has 1 aliphatic rings. The van der Waals surface area contributed by atoms with Crippen LogP contribution in [0, 0.1) is 0 Å². The number of halogens is 3. The summed E-state index contributed by atoms with van der Waals surface area (Å²) in [5, 5.41) is 0. The summed E-state index contributed by atoms with van der Waals surface area (Å²) in [5.74, 6) is 0. The summed E-state index contributed by atoms with van der Waals surface area (Å²) in [6, 6.07) is -0.351. The third kappa shape index (κ3) is 3.93. The average molecular weight is 199 g/mol. The number of ether oxygens (including phenoxy) is 2. The highest BCUT2D eigenvalue weighted by Gasteiger charge is 2.32. The predicted molar refractivity (Wildman–Crippen MR) is 39.2 cm³/mol. The Hall–Kier alpha value is -0.330. The molecule has 1 heterocycles. The summed E-state index contributed by atoms with van der Waals surface area (Å²) in [4.78, 5) is 0. The smallest absolute Gasteiger partial charge is 0.379 e. The first-order chi connectivity index (χ1) is 5.99. The van der Waals surface area contributed by atoms with Crippen molar-refractivity contribution < 1.29 is 22.6 Å². The van der Waals surface area contributed by atoms with Crippen molar-refractivity contribution in [2.45, 2.75) is 24.7 Å². The minimum absolute atomic E-state index is 0.150. The van der Waals surface area contributed by atoms with Gasteiger partial charge in [0.25, 0.3) is 0 Å². The minimum atomic E-state index is -4.29. The Morgan fingerprint density at radius 1 is 1.46 bits per heavy atom. The first-order valence-corrected chi connectivity index (χ1v) is 4.01. The van der Waals surface area contributed by atoms with Crippen LogP contribution in [0.3, 0.4) is 0 Å². The van der Waals surface area contributed by atoms with Crippen LogP contribution in [0.25, 0.3) is 0 Å². The monoisotopic (exact) mass is 199 g/mol. The largest absolute Gasteiger partial charge is 0.411 e. The van der Waals surface area contributed by atoms with Gasteiger partial charge in [0.05, 0.1) is 12.7 Å². The Morgan fingerprint density at radius 2 is 2.15 bits per heavy atom. The highest BCUT2D eigenvalue weighted by atomic mass is 19.4. The van der Waals surface area contributed by atoms with Crippen LogP contribution in [0.2, 0.25) is 0 Å². The Balaban J connectivity index is 2.27. The first-order valence-electron chi connectivity index (χ1n) is 4.01. The molecule has 2 N–H and O–H groups in total. The molecule has 2 atom stereocenters. The summed E-state index contributed by atoms with van der Waals surface area (Å²) in [7, 11) is 0.